The number of aromatic nitrogens is 2. The van der Waals surface area contributed by atoms with Crippen molar-refractivity contribution in [2.75, 3.05) is 18.5 Å². The zero-order valence-electron chi connectivity index (χ0n) is 12.3. The molecule has 1 aromatic heterocycles. The molecule has 0 aromatic carbocycles. The van der Waals surface area contributed by atoms with Crippen LogP contribution in [0.2, 0.25) is 0 Å². The average molecular weight is 290 g/mol. The quantitative estimate of drug-likeness (QED) is 0.832. The van der Waals surface area contributed by atoms with Crippen LogP contribution >= 0.6 is 0 Å². The van der Waals surface area contributed by atoms with Crippen LogP contribution in [0.5, 0.6) is 0 Å². The SMILES string of the molecule is CCCNc1cnc(C(=O)NC2CCOC2C2CC2)cn1. The molecule has 1 aromatic rings. The van der Waals surface area contributed by atoms with E-state index in [9.17, 15) is 4.79 Å². The Morgan fingerprint density at radius 2 is 2.19 bits per heavy atom. The Morgan fingerprint density at radius 1 is 1.33 bits per heavy atom. The molecular formula is C15H22N4O2. The van der Waals surface area contributed by atoms with Crippen molar-refractivity contribution in [3.63, 3.8) is 0 Å². The maximum Gasteiger partial charge on any atom is 0.271 e. The Morgan fingerprint density at radius 3 is 2.86 bits per heavy atom. The normalized spacial score (nSPS) is 24.8. The van der Waals surface area contributed by atoms with Gasteiger partial charge >= 0.3 is 0 Å². The van der Waals surface area contributed by atoms with Crippen molar-refractivity contribution in [2.24, 2.45) is 5.92 Å². The van der Waals surface area contributed by atoms with Crippen molar-refractivity contribution < 1.29 is 9.53 Å². The van der Waals surface area contributed by atoms with Gasteiger partial charge in [0.05, 0.1) is 24.5 Å². The Kier molecular flexibility index (Phi) is 4.34. The molecular weight excluding hydrogens is 268 g/mol. The number of rotatable bonds is 6. The van der Waals surface area contributed by atoms with Crippen LogP contribution in [0.4, 0.5) is 5.82 Å². The first-order valence-electron chi connectivity index (χ1n) is 7.76. The van der Waals surface area contributed by atoms with Gasteiger partial charge in [-0.3, -0.25) is 4.79 Å². The highest BCUT2D eigenvalue weighted by molar-refractivity contribution is 5.92. The third-order valence-corrected chi connectivity index (χ3v) is 3.98. The minimum atomic E-state index is -0.161. The highest BCUT2D eigenvalue weighted by Gasteiger charge is 2.41. The van der Waals surface area contributed by atoms with Crippen molar-refractivity contribution in [3.8, 4) is 0 Å². The largest absolute Gasteiger partial charge is 0.376 e. The number of ether oxygens (including phenoxy) is 1. The van der Waals surface area contributed by atoms with E-state index in [2.05, 4.69) is 27.5 Å². The molecule has 1 saturated heterocycles. The van der Waals surface area contributed by atoms with E-state index < -0.39 is 0 Å². The summed E-state index contributed by atoms with van der Waals surface area (Å²) in [5.74, 6) is 1.17. The summed E-state index contributed by atoms with van der Waals surface area (Å²) in [6, 6.07) is 0.115. The summed E-state index contributed by atoms with van der Waals surface area (Å²) in [6.45, 7) is 3.67. The summed E-state index contributed by atoms with van der Waals surface area (Å²) < 4.78 is 5.73. The predicted molar refractivity (Wildman–Crippen MR) is 79.1 cm³/mol. The highest BCUT2D eigenvalue weighted by Crippen LogP contribution is 2.38. The second kappa shape index (κ2) is 6.39. The van der Waals surface area contributed by atoms with Gasteiger partial charge in [-0.15, -0.1) is 0 Å². The first-order valence-corrected chi connectivity index (χ1v) is 7.76. The van der Waals surface area contributed by atoms with Gasteiger partial charge in [0, 0.05) is 13.2 Å². The van der Waals surface area contributed by atoms with Gasteiger partial charge in [-0.1, -0.05) is 6.92 Å². The molecule has 21 heavy (non-hydrogen) atoms. The van der Waals surface area contributed by atoms with Gasteiger partial charge in [-0.2, -0.15) is 0 Å². The number of carbonyl (C=O) groups is 1. The summed E-state index contributed by atoms with van der Waals surface area (Å²) in [5, 5.41) is 6.18. The molecule has 1 aliphatic heterocycles. The van der Waals surface area contributed by atoms with E-state index in [1.807, 2.05) is 0 Å². The monoisotopic (exact) mass is 290 g/mol. The standard InChI is InChI=1S/C15H22N4O2/c1-2-6-16-13-9-17-12(8-18-13)15(20)19-11-5-7-21-14(11)10-3-4-10/h8-11,14H,2-7H2,1H3,(H,16,18)(H,19,20). The molecule has 0 bridgehead atoms. The topological polar surface area (TPSA) is 76.1 Å². The molecule has 1 amide bonds. The fourth-order valence-corrected chi connectivity index (χ4v) is 2.69. The Bertz CT molecular complexity index is 487. The van der Waals surface area contributed by atoms with Gasteiger partial charge < -0.3 is 15.4 Å². The van der Waals surface area contributed by atoms with Crippen LogP contribution in [0.25, 0.3) is 0 Å². The fourth-order valence-electron chi connectivity index (χ4n) is 2.69. The first kappa shape index (κ1) is 14.3. The van der Waals surface area contributed by atoms with Gasteiger partial charge in [0.1, 0.15) is 11.5 Å². The number of hydrogen-bond acceptors (Lipinski definition) is 5. The molecule has 6 nitrogen and oxygen atoms in total. The van der Waals surface area contributed by atoms with Crippen molar-refractivity contribution in [1.29, 1.82) is 0 Å². The molecule has 2 aliphatic rings. The molecule has 6 heteroatoms. The van der Waals surface area contributed by atoms with Gasteiger partial charge in [-0.25, -0.2) is 9.97 Å². The minimum Gasteiger partial charge on any atom is -0.376 e. The number of hydrogen-bond donors (Lipinski definition) is 2. The van der Waals surface area contributed by atoms with E-state index in [-0.39, 0.29) is 18.1 Å². The van der Waals surface area contributed by atoms with Crippen molar-refractivity contribution in [1.82, 2.24) is 15.3 Å². The Labute approximate surface area is 124 Å². The van der Waals surface area contributed by atoms with E-state index in [4.69, 9.17) is 4.74 Å². The molecule has 114 valence electrons. The third-order valence-electron chi connectivity index (χ3n) is 3.98. The number of carbonyl (C=O) groups excluding carboxylic acids is 1. The van der Waals surface area contributed by atoms with Gasteiger partial charge in [-0.05, 0) is 31.6 Å². The second-order valence-corrected chi connectivity index (χ2v) is 5.76. The molecule has 2 fully saturated rings. The lowest BCUT2D eigenvalue weighted by Crippen LogP contribution is -2.41. The zero-order chi connectivity index (χ0) is 14.7. The van der Waals surface area contributed by atoms with Crippen molar-refractivity contribution in [2.45, 2.75) is 44.8 Å². The van der Waals surface area contributed by atoms with Crippen LogP contribution < -0.4 is 10.6 Å². The molecule has 0 spiro atoms. The number of anilines is 1. The van der Waals surface area contributed by atoms with Crippen LogP contribution in [-0.2, 0) is 4.74 Å². The number of nitrogens with zero attached hydrogens (tertiary/aromatic N) is 2. The van der Waals surface area contributed by atoms with E-state index in [0.717, 1.165) is 26.0 Å². The van der Waals surface area contributed by atoms with Gasteiger partial charge in [0.25, 0.3) is 5.91 Å². The van der Waals surface area contributed by atoms with Gasteiger partial charge in [0.2, 0.25) is 0 Å². The fraction of sp³-hybridized carbons (Fsp3) is 0.667. The van der Waals surface area contributed by atoms with Crippen LogP contribution in [0.15, 0.2) is 12.4 Å². The molecule has 0 radical (unpaired) electrons. The Hall–Kier alpha value is -1.69. The summed E-state index contributed by atoms with van der Waals surface area (Å²) in [7, 11) is 0. The highest BCUT2D eigenvalue weighted by atomic mass is 16.5. The van der Waals surface area contributed by atoms with Crippen LogP contribution in [0.3, 0.4) is 0 Å². The van der Waals surface area contributed by atoms with Crippen LogP contribution in [-0.4, -0.2) is 41.2 Å². The lowest BCUT2D eigenvalue weighted by atomic mass is 10.1. The van der Waals surface area contributed by atoms with E-state index in [0.29, 0.717) is 17.4 Å². The van der Waals surface area contributed by atoms with E-state index in [1.54, 1.807) is 6.20 Å². The average Bonchev–Trinajstić information content (AvgIpc) is 3.26. The maximum atomic E-state index is 12.2. The van der Waals surface area contributed by atoms with Gasteiger partial charge in [0.15, 0.2) is 0 Å². The molecule has 3 rings (SSSR count). The smallest absolute Gasteiger partial charge is 0.271 e. The van der Waals surface area contributed by atoms with E-state index in [1.165, 1.54) is 19.0 Å². The summed E-state index contributed by atoms with van der Waals surface area (Å²) in [6.07, 6.45) is 7.66. The number of nitrogens with one attached hydrogen (secondary N) is 2. The maximum absolute atomic E-state index is 12.2. The summed E-state index contributed by atoms with van der Waals surface area (Å²) in [5.41, 5.74) is 0.360. The molecule has 2 atom stereocenters. The molecule has 1 saturated carbocycles. The molecule has 2 unspecified atom stereocenters. The molecule has 2 N–H and O–H groups in total. The lowest BCUT2D eigenvalue weighted by molar-refractivity contribution is 0.0727. The van der Waals surface area contributed by atoms with Crippen molar-refractivity contribution >= 4 is 11.7 Å². The summed E-state index contributed by atoms with van der Waals surface area (Å²) in [4.78, 5) is 20.6. The summed E-state index contributed by atoms with van der Waals surface area (Å²) >= 11 is 0. The minimum absolute atomic E-state index is 0.115. The number of amides is 1. The van der Waals surface area contributed by atoms with E-state index >= 15 is 0 Å². The first-order chi connectivity index (χ1) is 10.3. The zero-order valence-corrected chi connectivity index (χ0v) is 12.3. The molecule has 1 aliphatic carbocycles. The predicted octanol–water partition coefficient (Wildman–Crippen LogP) is 1.60. The second-order valence-electron chi connectivity index (χ2n) is 5.76. The Balaban J connectivity index is 1.57. The molecule has 2 heterocycles. The van der Waals surface area contributed by atoms with Crippen molar-refractivity contribution in [3.05, 3.63) is 18.1 Å². The third kappa shape index (κ3) is 3.50. The lowest BCUT2D eigenvalue weighted by Gasteiger charge is -2.19. The van der Waals surface area contributed by atoms with Crippen LogP contribution in [0, 0.1) is 5.92 Å². The van der Waals surface area contributed by atoms with Crippen LogP contribution in [0.1, 0.15) is 43.1 Å².